The van der Waals surface area contributed by atoms with Gasteiger partial charge in [0.15, 0.2) is 5.60 Å². The van der Waals surface area contributed by atoms with Crippen molar-refractivity contribution >= 4 is 24.9 Å². The van der Waals surface area contributed by atoms with Gasteiger partial charge in [0, 0.05) is 24.6 Å². The van der Waals surface area contributed by atoms with Crippen molar-refractivity contribution in [1.29, 1.82) is 0 Å². The molecule has 1 aromatic carbocycles. The molecule has 0 bridgehead atoms. The number of rotatable bonds is 5. The van der Waals surface area contributed by atoms with Crippen LogP contribution >= 0.6 is 0 Å². The van der Waals surface area contributed by atoms with Crippen molar-refractivity contribution in [1.82, 2.24) is 9.55 Å². The summed E-state index contributed by atoms with van der Waals surface area (Å²) < 4.78 is 6.89. The van der Waals surface area contributed by atoms with E-state index in [1.54, 1.807) is 17.6 Å². The predicted molar refractivity (Wildman–Crippen MR) is 140 cm³/mol. The highest BCUT2D eigenvalue weighted by molar-refractivity contribution is 6.76. The highest BCUT2D eigenvalue weighted by Gasteiger charge is 2.45. The molecule has 0 radical (unpaired) electrons. The molecule has 0 amide bonds. The average molecular weight is 491 g/mol. The van der Waals surface area contributed by atoms with Crippen LogP contribution in [0.4, 0.5) is 0 Å². The number of aryl methyl sites for hydroxylation is 1. The largest absolute Gasteiger partial charge is 0.458 e. The Hall–Kier alpha value is -2.77. The fourth-order valence-electron chi connectivity index (χ4n) is 5.45. The summed E-state index contributed by atoms with van der Waals surface area (Å²) in [4.78, 5) is 30.9. The SMILES string of the molecule is CCC1(O)C(=O)OCc2c1cc1n(c2=O)Cc2cc3c(CC[Si](C)(C)C)c(C(C)C)ccc3nc2-1. The summed E-state index contributed by atoms with van der Waals surface area (Å²) in [5.74, 6) is -0.283. The van der Waals surface area contributed by atoms with Crippen LogP contribution in [0.1, 0.15) is 60.9 Å². The van der Waals surface area contributed by atoms with Crippen LogP contribution in [0.3, 0.4) is 0 Å². The first kappa shape index (κ1) is 23.9. The second-order valence-corrected chi connectivity index (χ2v) is 17.1. The minimum atomic E-state index is -1.81. The number of pyridine rings is 2. The molecular formula is C28H34N2O4Si. The number of hydrogen-bond donors (Lipinski definition) is 1. The van der Waals surface area contributed by atoms with Crippen molar-refractivity contribution in [2.24, 2.45) is 0 Å². The summed E-state index contributed by atoms with van der Waals surface area (Å²) in [6, 6.07) is 9.48. The van der Waals surface area contributed by atoms with E-state index in [1.807, 2.05) is 0 Å². The molecule has 4 heterocycles. The molecule has 0 fully saturated rings. The number of esters is 1. The van der Waals surface area contributed by atoms with Gasteiger partial charge in [-0.2, -0.15) is 0 Å². The fourth-order valence-corrected chi connectivity index (χ4v) is 6.45. The number of aromatic nitrogens is 2. The summed E-state index contributed by atoms with van der Waals surface area (Å²) in [7, 11) is -1.23. The third-order valence-electron chi connectivity index (χ3n) is 7.59. The molecule has 2 aliphatic heterocycles. The van der Waals surface area contributed by atoms with Crippen LogP contribution in [-0.2, 0) is 34.7 Å². The van der Waals surface area contributed by atoms with Crippen LogP contribution < -0.4 is 5.56 Å². The normalized spacial score (nSPS) is 19.0. The van der Waals surface area contributed by atoms with Crippen LogP contribution in [0.2, 0.25) is 25.7 Å². The van der Waals surface area contributed by atoms with Gasteiger partial charge in [-0.3, -0.25) is 4.79 Å². The lowest BCUT2D eigenvalue weighted by molar-refractivity contribution is -0.172. The van der Waals surface area contributed by atoms with E-state index in [2.05, 4.69) is 51.7 Å². The predicted octanol–water partition coefficient (Wildman–Crippen LogP) is 5.08. The Morgan fingerprint density at radius 3 is 2.60 bits per heavy atom. The topological polar surface area (TPSA) is 81.4 Å². The summed E-state index contributed by atoms with van der Waals surface area (Å²) in [6.07, 6.45) is 1.17. The van der Waals surface area contributed by atoms with Crippen LogP contribution in [0.5, 0.6) is 0 Å². The standard InChI is InChI=1S/C28H34N2O4Si/c1-7-28(33)22-13-24-25-17(14-30(24)26(31)21(22)15-34-27(28)32)12-20-19(10-11-35(4,5)6)18(16(2)3)8-9-23(20)29-25/h8-9,12-13,16,33H,7,10-11,14-15H2,1-6H3. The number of carbonyl (C=O) groups is 1. The molecule has 0 saturated carbocycles. The van der Waals surface area contributed by atoms with Gasteiger partial charge in [-0.1, -0.05) is 52.5 Å². The van der Waals surface area contributed by atoms with Crippen molar-refractivity contribution in [2.45, 2.75) is 84.0 Å². The number of fused-ring (bicyclic) bond motifs is 5. The van der Waals surface area contributed by atoms with E-state index in [0.29, 0.717) is 29.3 Å². The van der Waals surface area contributed by atoms with Crippen LogP contribution in [0.25, 0.3) is 22.3 Å². The zero-order valence-corrected chi connectivity index (χ0v) is 22.5. The van der Waals surface area contributed by atoms with Crippen molar-refractivity contribution in [3.8, 4) is 11.4 Å². The van der Waals surface area contributed by atoms with Gasteiger partial charge in [0.2, 0.25) is 0 Å². The minimum absolute atomic E-state index is 0.111. The molecule has 1 N–H and O–H groups in total. The number of nitrogens with zero attached hydrogens (tertiary/aromatic N) is 2. The first-order valence-electron chi connectivity index (χ1n) is 12.6. The Balaban J connectivity index is 1.70. The maximum Gasteiger partial charge on any atom is 0.343 e. The molecule has 2 aliphatic rings. The number of ether oxygens (including phenoxy) is 1. The first-order valence-corrected chi connectivity index (χ1v) is 16.3. The third-order valence-corrected chi connectivity index (χ3v) is 9.34. The summed E-state index contributed by atoms with van der Waals surface area (Å²) in [5.41, 5.74) is 4.75. The molecule has 0 aliphatic carbocycles. The molecule has 35 heavy (non-hydrogen) atoms. The molecule has 3 aromatic rings. The fraction of sp³-hybridized carbons (Fsp3) is 0.464. The second-order valence-electron chi connectivity index (χ2n) is 11.5. The Morgan fingerprint density at radius 2 is 1.94 bits per heavy atom. The quantitative estimate of drug-likeness (QED) is 0.312. The molecule has 0 spiro atoms. The molecule has 184 valence electrons. The number of hydrogen-bond acceptors (Lipinski definition) is 5. The van der Waals surface area contributed by atoms with Crippen molar-refractivity contribution in [3.05, 3.63) is 62.4 Å². The van der Waals surface area contributed by atoms with Crippen molar-refractivity contribution in [3.63, 3.8) is 0 Å². The van der Waals surface area contributed by atoms with E-state index in [1.165, 1.54) is 22.6 Å². The lowest BCUT2D eigenvalue weighted by Gasteiger charge is -2.31. The van der Waals surface area contributed by atoms with Crippen molar-refractivity contribution < 1.29 is 14.6 Å². The highest BCUT2D eigenvalue weighted by Crippen LogP contribution is 2.40. The molecule has 1 unspecified atom stereocenters. The number of cyclic esters (lactones) is 1. The van der Waals surface area contributed by atoms with Gasteiger partial charge in [0.05, 0.1) is 29.0 Å². The Bertz CT molecular complexity index is 1430. The van der Waals surface area contributed by atoms with Gasteiger partial charge in [-0.05, 0) is 48.1 Å². The van der Waals surface area contributed by atoms with Crippen LogP contribution in [0, 0.1) is 0 Å². The van der Waals surface area contributed by atoms with Gasteiger partial charge in [-0.25, -0.2) is 9.78 Å². The molecule has 0 saturated heterocycles. The lowest BCUT2D eigenvalue weighted by Crippen LogP contribution is -2.44. The maximum absolute atomic E-state index is 13.4. The molecule has 6 nitrogen and oxygen atoms in total. The average Bonchev–Trinajstić information content (AvgIpc) is 3.16. The zero-order valence-electron chi connectivity index (χ0n) is 21.5. The Morgan fingerprint density at radius 1 is 1.20 bits per heavy atom. The maximum atomic E-state index is 13.4. The highest BCUT2D eigenvalue weighted by atomic mass is 28.3. The second kappa shape index (κ2) is 8.13. The minimum Gasteiger partial charge on any atom is -0.458 e. The lowest BCUT2D eigenvalue weighted by atomic mass is 9.86. The van der Waals surface area contributed by atoms with E-state index in [0.717, 1.165) is 23.2 Å². The molecule has 7 heteroatoms. The van der Waals surface area contributed by atoms with Gasteiger partial charge < -0.3 is 14.4 Å². The molecule has 2 aromatic heterocycles. The smallest absolute Gasteiger partial charge is 0.343 e. The van der Waals surface area contributed by atoms with Crippen LogP contribution in [-0.4, -0.2) is 28.7 Å². The van der Waals surface area contributed by atoms with E-state index in [4.69, 9.17) is 9.72 Å². The summed E-state index contributed by atoms with van der Waals surface area (Å²) in [5, 5.41) is 12.2. The Labute approximate surface area is 207 Å². The first-order chi connectivity index (χ1) is 16.4. The monoisotopic (exact) mass is 490 g/mol. The van der Waals surface area contributed by atoms with Crippen molar-refractivity contribution in [2.75, 3.05) is 0 Å². The van der Waals surface area contributed by atoms with E-state index in [-0.39, 0.29) is 18.6 Å². The van der Waals surface area contributed by atoms with E-state index in [9.17, 15) is 14.7 Å². The van der Waals surface area contributed by atoms with E-state index < -0.39 is 19.6 Å². The third kappa shape index (κ3) is 3.76. The zero-order chi connectivity index (χ0) is 25.3. The number of carbonyl (C=O) groups excluding carboxylic acids is 1. The van der Waals surface area contributed by atoms with E-state index >= 15 is 0 Å². The number of benzene rings is 1. The Kier molecular flexibility index (Phi) is 5.56. The number of aliphatic hydroxyl groups is 1. The molecule has 1 atom stereocenters. The van der Waals surface area contributed by atoms with Gasteiger partial charge in [0.25, 0.3) is 5.56 Å². The summed E-state index contributed by atoms with van der Waals surface area (Å²) >= 11 is 0. The van der Waals surface area contributed by atoms with Gasteiger partial charge >= 0.3 is 5.97 Å². The molecule has 5 rings (SSSR count). The van der Waals surface area contributed by atoms with Crippen LogP contribution in [0.15, 0.2) is 29.1 Å². The van der Waals surface area contributed by atoms with Gasteiger partial charge in [0.1, 0.15) is 6.61 Å². The molecular weight excluding hydrogens is 456 g/mol. The van der Waals surface area contributed by atoms with Gasteiger partial charge in [-0.15, -0.1) is 0 Å². The summed E-state index contributed by atoms with van der Waals surface area (Å²) in [6.45, 7) is 13.7.